The van der Waals surface area contributed by atoms with Gasteiger partial charge >= 0.3 is 12.3 Å². The molecule has 36 heavy (non-hydrogen) atoms. The molecule has 2 heterocycles. The van der Waals surface area contributed by atoms with Crippen molar-refractivity contribution in [1.82, 2.24) is 30.4 Å². The second-order valence-electron chi connectivity index (χ2n) is 7.44. The molecule has 0 aliphatic heterocycles. The Kier molecular flexibility index (Phi) is 6.34. The number of hydrogen-bond donors (Lipinski definition) is 1. The smallest absolute Gasteiger partial charge is 0.406 e. The second-order valence-corrected chi connectivity index (χ2v) is 7.44. The summed E-state index contributed by atoms with van der Waals surface area (Å²) < 4.78 is 101. The van der Waals surface area contributed by atoms with Crippen LogP contribution in [-0.2, 0) is 18.1 Å². The van der Waals surface area contributed by atoms with E-state index in [2.05, 4.69) is 30.5 Å². The van der Waals surface area contributed by atoms with Crippen LogP contribution < -0.4 is 4.74 Å². The quantitative estimate of drug-likeness (QED) is 0.373. The number of nitrogens with zero attached hydrogens (tertiary/aromatic N) is 6. The lowest BCUT2D eigenvalue weighted by molar-refractivity contribution is -0.274. The third-order valence-corrected chi connectivity index (χ3v) is 5.05. The van der Waals surface area contributed by atoms with Gasteiger partial charge in [0.1, 0.15) is 29.4 Å². The van der Waals surface area contributed by atoms with Crippen molar-refractivity contribution >= 4 is 0 Å². The first-order valence-electron chi connectivity index (χ1n) is 9.86. The maximum atomic E-state index is 15.7. The summed E-state index contributed by atoms with van der Waals surface area (Å²) in [6.45, 7) is -1.04. The molecule has 0 fully saturated rings. The van der Waals surface area contributed by atoms with Gasteiger partial charge in [-0.1, -0.05) is 0 Å². The van der Waals surface area contributed by atoms with Gasteiger partial charge in [0.15, 0.2) is 5.60 Å². The molecule has 0 saturated carbocycles. The van der Waals surface area contributed by atoms with E-state index in [0.29, 0.717) is 18.2 Å². The normalized spacial score (nSPS) is 13.9. The van der Waals surface area contributed by atoms with Gasteiger partial charge in [-0.25, -0.2) is 13.5 Å². The fourth-order valence-corrected chi connectivity index (χ4v) is 3.36. The molecule has 1 N–H and O–H groups in total. The van der Waals surface area contributed by atoms with E-state index in [0.717, 1.165) is 35.3 Å². The average Bonchev–Trinajstić information content (AvgIpc) is 3.31. The summed E-state index contributed by atoms with van der Waals surface area (Å²) in [7, 11) is 0. The number of aliphatic hydroxyl groups is 1. The van der Waals surface area contributed by atoms with Crippen LogP contribution in [0.5, 0.6) is 5.75 Å². The minimum Gasteiger partial charge on any atom is -0.406 e. The molecular formula is C21H13F7N6O2. The van der Waals surface area contributed by atoms with Crippen LogP contribution in [0.2, 0.25) is 0 Å². The van der Waals surface area contributed by atoms with Gasteiger partial charge in [0, 0.05) is 17.2 Å². The molecular weight excluding hydrogens is 501 g/mol. The zero-order valence-corrected chi connectivity index (χ0v) is 17.7. The highest BCUT2D eigenvalue weighted by atomic mass is 19.4. The van der Waals surface area contributed by atoms with Crippen LogP contribution in [0.3, 0.4) is 0 Å². The van der Waals surface area contributed by atoms with Crippen molar-refractivity contribution in [2.45, 2.75) is 24.4 Å². The van der Waals surface area contributed by atoms with E-state index < -0.39 is 53.1 Å². The first-order chi connectivity index (χ1) is 16.9. The number of aromatic nitrogens is 6. The molecule has 0 amide bonds. The Morgan fingerprint density at radius 3 is 2.17 bits per heavy atom. The molecule has 1 unspecified atom stereocenters. The average molecular weight is 514 g/mol. The predicted octanol–water partition coefficient (Wildman–Crippen LogP) is 3.99. The van der Waals surface area contributed by atoms with Crippen LogP contribution in [0, 0.1) is 11.6 Å². The minimum atomic E-state index is -4.89. The summed E-state index contributed by atoms with van der Waals surface area (Å²) in [6, 6.07) is 7.95. The highest BCUT2D eigenvalue weighted by molar-refractivity contribution is 5.59. The monoisotopic (exact) mass is 514 g/mol. The van der Waals surface area contributed by atoms with Crippen molar-refractivity contribution in [1.29, 1.82) is 0 Å². The Bertz CT molecular complexity index is 1330. The highest BCUT2D eigenvalue weighted by Crippen LogP contribution is 2.46. The first kappa shape index (κ1) is 25.0. The van der Waals surface area contributed by atoms with Crippen molar-refractivity contribution < 1.29 is 40.6 Å². The third-order valence-electron chi connectivity index (χ3n) is 5.05. The largest absolute Gasteiger partial charge is 0.573 e. The molecule has 0 spiro atoms. The van der Waals surface area contributed by atoms with Gasteiger partial charge in [0.25, 0.3) is 0 Å². The van der Waals surface area contributed by atoms with Gasteiger partial charge in [-0.2, -0.15) is 13.9 Å². The number of rotatable bonds is 7. The highest BCUT2D eigenvalue weighted by Gasteiger charge is 2.58. The van der Waals surface area contributed by atoms with E-state index in [1.807, 2.05) is 0 Å². The molecule has 1 atom stereocenters. The van der Waals surface area contributed by atoms with Gasteiger partial charge in [0.05, 0.1) is 12.2 Å². The lowest BCUT2D eigenvalue weighted by Gasteiger charge is -2.35. The summed E-state index contributed by atoms with van der Waals surface area (Å²) in [6.07, 6.45) is -3.99. The first-order valence-corrected chi connectivity index (χ1v) is 9.86. The lowest BCUT2D eigenvalue weighted by Crippen LogP contribution is -2.48. The number of benzene rings is 2. The summed E-state index contributed by atoms with van der Waals surface area (Å²) in [5.74, 6) is -7.32. The molecule has 0 saturated heterocycles. The van der Waals surface area contributed by atoms with Crippen LogP contribution in [0.4, 0.5) is 30.7 Å². The molecule has 4 rings (SSSR count). The molecule has 0 radical (unpaired) electrons. The van der Waals surface area contributed by atoms with Gasteiger partial charge in [-0.3, -0.25) is 0 Å². The van der Waals surface area contributed by atoms with Crippen molar-refractivity contribution in [2.75, 3.05) is 0 Å². The van der Waals surface area contributed by atoms with Gasteiger partial charge < -0.3 is 9.84 Å². The summed E-state index contributed by atoms with van der Waals surface area (Å²) in [5.41, 5.74) is -5.14. The zero-order chi connectivity index (χ0) is 26.1. The van der Waals surface area contributed by atoms with Crippen molar-refractivity contribution in [3.05, 3.63) is 83.8 Å². The van der Waals surface area contributed by atoms with Crippen molar-refractivity contribution in [2.24, 2.45) is 0 Å². The number of tetrazole rings is 1. The maximum Gasteiger partial charge on any atom is 0.573 e. The Morgan fingerprint density at radius 1 is 0.889 bits per heavy atom. The van der Waals surface area contributed by atoms with Crippen LogP contribution >= 0.6 is 0 Å². The molecule has 188 valence electrons. The third kappa shape index (κ3) is 4.95. The Morgan fingerprint density at radius 2 is 1.61 bits per heavy atom. The van der Waals surface area contributed by atoms with Crippen LogP contribution in [0.25, 0.3) is 11.3 Å². The van der Waals surface area contributed by atoms with Gasteiger partial charge in [-0.15, -0.1) is 23.4 Å². The number of alkyl halides is 5. The molecule has 15 heteroatoms. The molecule has 8 nitrogen and oxygen atoms in total. The lowest BCUT2D eigenvalue weighted by atomic mass is 9.84. The van der Waals surface area contributed by atoms with Gasteiger partial charge in [-0.05, 0) is 59.0 Å². The van der Waals surface area contributed by atoms with E-state index >= 15 is 8.78 Å². The van der Waals surface area contributed by atoms with Crippen LogP contribution in [-0.4, -0.2) is 41.9 Å². The number of hydrogen-bond acceptors (Lipinski definition) is 7. The minimum absolute atomic E-state index is 0.00471. The molecule has 2 aromatic carbocycles. The second kappa shape index (κ2) is 9.14. The zero-order valence-electron chi connectivity index (χ0n) is 17.7. The van der Waals surface area contributed by atoms with E-state index in [-0.39, 0.29) is 11.3 Å². The van der Waals surface area contributed by atoms with E-state index in [9.17, 15) is 27.1 Å². The molecule has 0 bridgehead atoms. The maximum absolute atomic E-state index is 15.7. The van der Waals surface area contributed by atoms with Crippen LogP contribution in [0.15, 0.2) is 60.9 Å². The fourth-order valence-electron chi connectivity index (χ4n) is 3.36. The molecule has 0 aliphatic rings. The molecule has 4 aromatic rings. The Labute approximate surface area is 197 Å². The SMILES string of the molecule is OC(Cn1cnnn1)(c1ccc(F)cc1F)C(F)(F)c1ccc(-c2ccc(OC(F)(F)F)cc2)nn1. The number of ether oxygens (including phenoxy) is 1. The molecule has 0 aliphatic carbocycles. The Hall–Kier alpha value is -4.14. The van der Waals surface area contributed by atoms with E-state index in [4.69, 9.17) is 0 Å². The molecule has 2 aromatic heterocycles. The van der Waals surface area contributed by atoms with Gasteiger partial charge in [0.2, 0.25) is 0 Å². The van der Waals surface area contributed by atoms with Crippen molar-refractivity contribution in [3.8, 4) is 17.0 Å². The van der Waals surface area contributed by atoms with Crippen molar-refractivity contribution in [3.63, 3.8) is 0 Å². The predicted molar refractivity (Wildman–Crippen MR) is 106 cm³/mol. The topological polar surface area (TPSA) is 98.8 Å². The Balaban J connectivity index is 1.69. The summed E-state index contributed by atoms with van der Waals surface area (Å²) in [5, 5.41) is 28.2. The standard InChI is InChI=1S/C21H13F7N6O2/c22-13-3-6-15(16(23)9-13)19(35,10-34-11-29-32-33-34)20(24,25)18-8-7-17(30-31-18)12-1-4-14(5-2-12)36-21(26,27)28/h1-9,11,35H,10H2. The summed E-state index contributed by atoms with van der Waals surface area (Å²) in [4.78, 5) is 0. The van der Waals surface area contributed by atoms with Crippen LogP contribution in [0.1, 0.15) is 11.3 Å². The number of halogens is 7. The summed E-state index contributed by atoms with van der Waals surface area (Å²) >= 11 is 0. The van der Waals surface area contributed by atoms with E-state index in [1.54, 1.807) is 0 Å². The fraction of sp³-hybridized carbons (Fsp3) is 0.190. The van der Waals surface area contributed by atoms with E-state index in [1.165, 1.54) is 12.1 Å².